The molecule has 0 aliphatic carbocycles. The number of hydrogen-bond acceptors (Lipinski definition) is 6. The van der Waals surface area contributed by atoms with Crippen LogP contribution in [-0.4, -0.2) is 62.4 Å². The van der Waals surface area contributed by atoms with Crippen LogP contribution in [0.4, 0.5) is 4.39 Å². The summed E-state index contributed by atoms with van der Waals surface area (Å²) in [6.45, 7) is 2.86. The molecule has 1 aromatic heterocycles. The molecule has 0 spiro atoms. The zero-order valence-corrected chi connectivity index (χ0v) is 22.5. The van der Waals surface area contributed by atoms with Gasteiger partial charge >= 0.3 is 0 Å². The summed E-state index contributed by atoms with van der Waals surface area (Å²) in [5, 5.41) is 0.767. The van der Waals surface area contributed by atoms with Gasteiger partial charge in [-0.25, -0.2) is 12.8 Å². The first-order chi connectivity index (χ1) is 18.9. The Bertz CT molecular complexity index is 1590. The quantitative estimate of drug-likeness (QED) is 0.334. The van der Waals surface area contributed by atoms with Crippen LogP contribution < -0.4 is 4.74 Å². The average molecular weight is 548 g/mol. The van der Waals surface area contributed by atoms with Gasteiger partial charge in [-0.3, -0.25) is 14.7 Å². The standard InChI is InChI=1S/C30H30FN3O4S/c1-38-27-9-3-8-26(31)25(27)20-33-16-5-17-34(19-18-33)30(35)24-13-11-22(12-14-24)21-39(36,37)28-10-2-6-23-7-4-15-32-29(23)28/h2-4,6-15H,5,16-21H2,1H3. The van der Waals surface area contributed by atoms with Crippen LogP contribution in [0.3, 0.4) is 0 Å². The first kappa shape index (κ1) is 26.8. The van der Waals surface area contributed by atoms with Crippen molar-refractivity contribution in [3.63, 3.8) is 0 Å². The van der Waals surface area contributed by atoms with Crippen LogP contribution in [0.5, 0.6) is 5.75 Å². The lowest BCUT2D eigenvalue weighted by Gasteiger charge is -2.23. The number of halogens is 1. The van der Waals surface area contributed by atoms with Gasteiger partial charge in [-0.05, 0) is 48.4 Å². The Kier molecular flexibility index (Phi) is 7.90. The van der Waals surface area contributed by atoms with E-state index in [-0.39, 0.29) is 22.4 Å². The SMILES string of the molecule is COc1cccc(F)c1CN1CCCN(C(=O)c2ccc(CS(=O)(=O)c3cccc4cccnc34)cc2)CC1. The highest BCUT2D eigenvalue weighted by Crippen LogP contribution is 2.25. The number of hydrogen-bond donors (Lipinski definition) is 0. The van der Waals surface area contributed by atoms with Gasteiger partial charge < -0.3 is 9.64 Å². The molecular formula is C30H30FN3O4S. The van der Waals surface area contributed by atoms with Crippen LogP contribution in [0.25, 0.3) is 10.9 Å². The third kappa shape index (κ3) is 5.94. The van der Waals surface area contributed by atoms with Crippen molar-refractivity contribution in [3.05, 3.63) is 102 Å². The minimum absolute atomic E-state index is 0.104. The largest absolute Gasteiger partial charge is 0.496 e. The maximum absolute atomic E-state index is 14.4. The van der Waals surface area contributed by atoms with Gasteiger partial charge in [0.2, 0.25) is 0 Å². The molecule has 3 aromatic carbocycles. The minimum Gasteiger partial charge on any atom is -0.496 e. The molecule has 0 radical (unpaired) electrons. The average Bonchev–Trinajstić information content (AvgIpc) is 3.19. The fourth-order valence-electron chi connectivity index (χ4n) is 4.99. The van der Waals surface area contributed by atoms with Crippen LogP contribution >= 0.6 is 0 Å². The number of sulfone groups is 1. The number of carbonyl (C=O) groups is 1. The predicted molar refractivity (Wildman–Crippen MR) is 148 cm³/mol. The number of nitrogens with zero attached hydrogens (tertiary/aromatic N) is 3. The van der Waals surface area contributed by atoms with Gasteiger partial charge in [0.25, 0.3) is 5.91 Å². The van der Waals surface area contributed by atoms with Gasteiger partial charge in [-0.15, -0.1) is 0 Å². The van der Waals surface area contributed by atoms with Gasteiger partial charge in [0, 0.05) is 55.4 Å². The molecule has 0 saturated carbocycles. The Balaban J connectivity index is 1.24. The molecular weight excluding hydrogens is 517 g/mol. The van der Waals surface area contributed by atoms with Crippen LogP contribution in [0, 0.1) is 5.82 Å². The number of rotatable bonds is 7. The molecule has 1 aliphatic rings. The van der Waals surface area contributed by atoms with Gasteiger partial charge in [-0.2, -0.15) is 0 Å². The molecule has 1 fully saturated rings. The van der Waals surface area contributed by atoms with E-state index in [1.807, 2.05) is 12.1 Å². The lowest BCUT2D eigenvalue weighted by atomic mass is 10.1. The number of carbonyl (C=O) groups excluding carboxylic acids is 1. The topological polar surface area (TPSA) is 79.8 Å². The number of benzene rings is 3. The highest BCUT2D eigenvalue weighted by Gasteiger charge is 2.23. The molecule has 4 aromatic rings. The number of methoxy groups -OCH3 is 1. The van der Waals surface area contributed by atoms with Crippen molar-refractivity contribution in [1.29, 1.82) is 0 Å². The van der Waals surface area contributed by atoms with E-state index in [0.717, 1.165) is 18.4 Å². The molecule has 7 nitrogen and oxygen atoms in total. The third-order valence-electron chi connectivity index (χ3n) is 7.04. The van der Waals surface area contributed by atoms with Gasteiger partial charge in [0.1, 0.15) is 11.6 Å². The van der Waals surface area contributed by atoms with E-state index in [1.54, 1.807) is 65.7 Å². The fraction of sp³-hybridized carbons (Fsp3) is 0.267. The van der Waals surface area contributed by atoms with Crippen LogP contribution in [0.2, 0.25) is 0 Å². The highest BCUT2D eigenvalue weighted by molar-refractivity contribution is 7.90. The van der Waals surface area contributed by atoms with Gasteiger partial charge in [0.15, 0.2) is 9.84 Å². The van der Waals surface area contributed by atoms with Gasteiger partial charge in [0.05, 0.1) is 23.3 Å². The highest BCUT2D eigenvalue weighted by atomic mass is 32.2. The van der Waals surface area contributed by atoms with Crippen molar-refractivity contribution < 1.29 is 22.3 Å². The van der Waals surface area contributed by atoms with E-state index in [9.17, 15) is 17.6 Å². The maximum Gasteiger partial charge on any atom is 0.253 e. The zero-order valence-electron chi connectivity index (χ0n) is 21.7. The summed E-state index contributed by atoms with van der Waals surface area (Å²) in [6.07, 6.45) is 2.35. The minimum atomic E-state index is -3.64. The van der Waals surface area contributed by atoms with Crippen molar-refractivity contribution in [1.82, 2.24) is 14.8 Å². The first-order valence-corrected chi connectivity index (χ1v) is 14.5. The van der Waals surface area contributed by atoms with E-state index in [1.165, 1.54) is 13.2 Å². The molecule has 1 saturated heterocycles. The third-order valence-corrected chi connectivity index (χ3v) is 8.75. The Morgan fingerprint density at radius 1 is 0.949 bits per heavy atom. The normalized spacial score (nSPS) is 14.8. The van der Waals surface area contributed by atoms with Crippen LogP contribution in [0.1, 0.15) is 27.9 Å². The predicted octanol–water partition coefficient (Wildman–Crippen LogP) is 4.70. The molecule has 9 heteroatoms. The molecule has 2 heterocycles. The number of ether oxygens (including phenoxy) is 1. The first-order valence-electron chi connectivity index (χ1n) is 12.8. The smallest absolute Gasteiger partial charge is 0.253 e. The lowest BCUT2D eigenvalue weighted by molar-refractivity contribution is 0.0761. The van der Waals surface area contributed by atoms with E-state index in [2.05, 4.69) is 9.88 Å². The summed E-state index contributed by atoms with van der Waals surface area (Å²) in [7, 11) is -2.11. The van der Waals surface area contributed by atoms with Crippen molar-refractivity contribution in [3.8, 4) is 5.75 Å². The number of aromatic nitrogens is 1. The number of amides is 1. The van der Waals surface area contributed by atoms with E-state index >= 15 is 0 Å². The zero-order chi connectivity index (χ0) is 27.4. The van der Waals surface area contributed by atoms with Crippen LogP contribution in [0.15, 0.2) is 83.9 Å². The van der Waals surface area contributed by atoms with Crippen molar-refractivity contribution in [2.24, 2.45) is 0 Å². The lowest BCUT2D eigenvalue weighted by Crippen LogP contribution is -2.35. The second-order valence-corrected chi connectivity index (χ2v) is 11.6. The van der Waals surface area contributed by atoms with E-state index in [0.29, 0.717) is 54.1 Å². The summed E-state index contributed by atoms with van der Waals surface area (Å²) in [6, 6.07) is 20.3. The Labute approximate surface area is 227 Å². The number of para-hydroxylation sites is 1. The Morgan fingerprint density at radius 2 is 1.72 bits per heavy atom. The molecule has 0 N–H and O–H groups in total. The molecule has 1 aliphatic heterocycles. The maximum atomic E-state index is 14.4. The number of fused-ring (bicyclic) bond motifs is 1. The number of pyridine rings is 1. The summed E-state index contributed by atoms with van der Waals surface area (Å²) in [5.41, 5.74) is 2.08. The summed E-state index contributed by atoms with van der Waals surface area (Å²) >= 11 is 0. The summed E-state index contributed by atoms with van der Waals surface area (Å²) < 4.78 is 46.1. The fourth-order valence-corrected chi connectivity index (χ4v) is 6.53. The molecule has 0 atom stereocenters. The van der Waals surface area contributed by atoms with E-state index < -0.39 is 9.84 Å². The molecule has 0 bridgehead atoms. The van der Waals surface area contributed by atoms with Crippen molar-refractivity contribution >= 4 is 26.6 Å². The Morgan fingerprint density at radius 3 is 2.51 bits per heavy atom. The molecule has 5 rings (SSSR count). The van der Waals surface area contributed by atoms with E-state index in [4.69, 9.17) is 4.74 Å². The van der Waals surface area contributed by atoms with Crippen molar-refractivity contribution in [2.75, 3.05) is 33.3 Å². The molecule has 202 valence electrons. The monoisotopic (exact) mass is 547 g/mol. The summed E-state index contributed by atoms with van der Waals surface area (Å²) in [5.74, 6) is -0.0701. The summed E-state index contributed by atoms with van der Waals surface area (Å²) in [4.78, 5) is 21.6. The molecule has 1 amide bonds. The van der Waals surface area contributed by atoms with Crippen LogP contribution in [-0.2, 0) is 22.1 Å². The van der Waals surface area contributed by atoms with Gasteiger partial charge in [-0.1, -0.05) is 36.4 Å². The second-order valence-electron chi connectivity index (χ2n) is 9.63. The van der Waals surface area contributed by atoms with Crippen molar-refractivity contribution in [2.45, 2.75) is 23.6 Å². The second kappa shape index (κ2) is 11.5. The molecule has 0 unspecified atom stereocenters. The molecule has 39 heavy (non-hydrogen) atoms. The Hall–Kier alpha value is -3.82.